The summed E-state index contributed by atoms with van der Waals surface area (Å²) in [6.45, 7) is 0. The molecule has 0 bridgehead atoms. The Balaban J connectivity index is 2.17. The molecular weight excluding hydrogens is 295 g/mol. The quantitative estimate of drug-likeness (QED) is 0.593. The second-order valence-corrected chi connectivity index (χ2v) is 4.94. The molecule has 0 fully saturated rings. The average Bonchev–Trinajstić information content (AvgIpc) is 2.47. The maximum atomic E-state index is 12.1. The number of carbonyl (C=O) groups is 1. The van der Waals surface area contributed by atoms with Crippen molar-refractivity contribution in [3.8, 4) is 5.75 Å². The zero-order chi connectivity index (χ0) is 14.5. The molecule has 0 saturated carbocycles. The van der Waals surface area contributed by atoms with Crippen LogP contribution in [-0.2, 0) is 0 Å². The van der Waals surface area contributed by atoms with E-state index in [-0.39, 0.29) is 5.78 Å². The summed E-state index contributed by atoms with van der Waals surface area (Å²) < 4.78 is 5.07. The highest BCUT2D eigenvalue weighted by Crippen LogP contribution is 2.21. The molecule has 0 atom stereocenters. The van der Waals surface area contributed by atoms with Crippen molar-refractivity contribution in [2.45, 2.75) is 0 Å². The monoisotopic (exact) mass is 306 g/mol. The van der Waals surface area contributed by atoms with Crippen LogP contribution >= 0.6 is 23.2 Å². The number of carbonyl (C=O) groups excluding carboxylic acids is 1. The highest BCUT2D eigenvalue weighted by Gasteiger charge is 2.07. The van der Waals surface area contributed by atoms with Crippen molar-refractivity contribution in [1.82, 2.24) is 0 Å². The smallest absolute Gasteiger partial charge is 0.187 e. The van der Waals surface area contributed by atoms with E-state index in [1.165, 1.54) is 6.08 Å². The van der Waals surface area contributed by atoms with E-state index in [2.05, 4.69) is 0 Å². The number of benzene rings is 2. The van der Waals surface area contributed by atoms with Gasteiger partial charge < -0.3 is 4.74 Å². The van der Waals surface area contributed by atoms with E-state index in [1.54, 1.807) is 31.4 Å². The molecule has 0 radical (unpaired) electrons. The zero-order valence-electron chi connectivity index (χ0n) is 10.8. The molecule has 0 spiro atoms. The van der Waals surface area contributed by atoms with Crippen molar-refractivity contribution in [1.29, 1.82) is 0 Å². The topological polar surface area (TPSA) is 26.3 Å². The first-order valence-electron chi connectivity index (χ1n) is 5.91. The Morgan fingerprint density at radius 1 is 1.10 bits per heavy atom. The molecule has 102 valence electrons. The third-order valence-electron chi connectivity index (χ3n) is 2.74. The van der Waals surface area contributed by atoms with Gasteiger partial charge in [-0.05, 0) is 42.0 Å². The summed E-state index contributed by atoms with van der Waals surface area (Å²) in [7, 11) is 1.61. The van der Waals surface area contributed by atoms with Crippen LogP contribution in [0.3, 0.4) is 0 Å². The molecule has 0 heterocycles. The minimum absolute atomic E-state index is 0.187. The van der Waals surface area contributed by atoms with Gasteiger partial charge in [0.15, 0.2) is 5.78 Å². The SMILES string of the molecule is COc1ccc(C=CC(=O)c2cc(Cl)ccc2Cl)cc1. The molecule has 2 rings (SSSR count). The van der Waals surface area contributed by atoms with Gasteiger partial charge >= 0.3 is 0 Å². The van der Waals surface area contributed by atoms with Crippen molar-refractivity contribution >= 4 is 35.1 Å². The van der Waals surface area contributed by atoms with E-state index in [4.69, 9.17) is 27.9 Å². The number of hydrogen-bond acceptors (Lipinski definition) is 2. The fraction of sp³-hybridized carbons (Fsp3) is 0.0625. The minimum atomic E-state index is -0.187. The molecule has 20 heavy (non-hydrogen) atoms. The molecule has 0 aliphatic rings. The van der Waals surface area contributed by atoms with Gasteiger partial charge in [-0.1, -0.05) is 41.4 Å². The Bertz CT molecular complexity index is 646. The zero-order valence-corrected chi connectivity index (χ0v) is 12.3. The first kappa shape index (κ1) is 14.6. The van der Waals surface area contributed by atoms with Crippen molar-refractivity contribution in [2.24, 2.45) is 0 Å². The Morgan fingerprint density at radius 2 is 1.80 bits per heavy atom. The number of methoxy groups -OCH3 is 1. The third-order valence-corrected chi connectivity index (χ3v) is 3.30. The van der Waals surface area contributed by atoms with E-state index in [1.807, 2.05) is 24.3 Å². The Morgan fingerprint density at radius 3 is 2.45 bits per heavy atom. The lowest BCUT2D eigenvalue weighted by molar-refractivity contribution is 0.104. The van der Waals surface area contributed by atoms with Crippen LogP contribution in [0.2, 0.25) is 10.0 Å². The van der Waals surface area contributed by atoms with Gasteiger partial charge in [-0.3, -0.25) is 4.79 Å². The van der Waals surface area contributed by atoms with Crippen LogP contribution in [0, 0.1) is 0 Å². The number of hydrogen-bond donors (Lipinski definition) is 0. The molecule has 0 aromatic heterocycles. The highest BCUT2D eigenvalue weighted by molar-refractivity contribution is 6.36. The second-order valence-electron chi connectivity index (χ2n) is 4.09. The molecule has 2 nitrogen and oxygen atoms in total. The average molecular weight is 307 g/mol. The van der Waals surface area contributed by atoms with Gasteiger partial charge in [-0.25, -0.2) is 0 Å². The van der Waals surface area contributed by atoms with Crippen LogP contribution in [-0.4, -0.2) is 12.9 Å². The predicted octanol–water partition coefficient (Wildman–Crippen LogP) is 4.90. The first-order chi connectivity index (χ1) is 9.60. The van der Waals surface area contributed by atoms with Crippen LogP contribution in [0.4, 0.5) is 0 Å². The maximum Gasteiger partial charge on any atom is 0.187 e. The molecule has 4 heteroatoms. The van der Waals surface area contributed by atoms with Gasteiger partial charge in [0, 0.05) is 10.6 Å². The molecule has 0 aliphatic carbocycles. The third kappa shape index (κ3) is 3.62. The lowest BCUT2D eigenvalue weighted by atomic mass is 10.1. The van der Waals surface area contributed by atoms with Crippen LogP contribution < -0.4 is 4.74 Å². The number of allylic oxidation sites excluding steroid dienone is 1. The summed E-state index contributed by atoms with van der Waals surface area (Å²) in [6.07, 6.45) is 3.19. The second kappa shape index (κ2) is 6.60. The van der Waals surface area contributed by atoms with Gasteiger partial charge in [-0.2, -0.15) is 0 Å². The summed E-state index contributed by atoms with van der Waals surface area (Å²) in [5, 5.41) is 0.870. The van der Waals surface area contributed by atoms with Crippen LogP contribution in [0.5, 0.6) is 5.75 Å². The lowest BCUT2D eigenvalue weighted by Crippen LogP contribution is -1.95. The van der Waals surface area contributed by atoms with E-state index < -0.39 is 0 Å². The van der Waals surface area contributed by atoms with Crippen LogP contribution in [0.1, 0.15) is 15.9 Å². The fourth-order valence-electron chi connectivity index (χ4n) is 1.66. The number of ether oxygens (including phenoxy) is 1. The molecule has 0 unspecified atom stereocenters. The van der Waals surface area contributed by atoms with E-state index in [0.717, 1.165) is 11.3 Å². The van der Waals surface area contributed by atoms with Gasteiger partial charge in [0.2, 0.25) is 0 Å². The van der Waals surface area contributed by atoms with Crippen molar-refractivity contribution in [2.75, 3.05) is 7.11 Å². The van der Waals surface area contributed by atoms with Gasteiger partial charge in [0.05, 0.1) is 12.1 Å². The summed E-state index contributed by atoms with van der Waals surface area (Å²) in [4.78, 5) is 12.1. The van der Waals surface area contributed by atoms with Crippen LogP contribution in [0.25, 0.3) is 6.08 Å². The summed E-state index contributed by atoms with van der Waals surface area (Å²) in [6, 6.07) is 12.2. The molecule has 0 saturated heterocycles. The molecule has 2 aromatic carbocycles. The Labute approximate surface area is 127 Å². The molecule has 0 aliphatic heterocycles. The van der Waals surface area contributed by atoms with Crippen molar-refractivity contribution in [3.63, 3.8) is 0 Å². The summed E-state index contributed by atoms with van der Waals surface area (Å²) >= 11 is 11.8. The van der Waals surface area contributed by atoms with Gasteiger partial charge in [0.25, 0.3) is 0 Å². The number of ketones is 1. The van der Waals surface area contributed by atoms with Crippen molar-refractivity contribution < 1.29 is 9.53 Å². The lowest BCUT2D eigenvalue weighted by Gasteiger charge is -2.01. The Hall–Kier alpha value is -1.77. The molecule has 2 aromatic rings. The van der Waals surface area contributed by atoms with Crippen molar-refractivity contribution in [3.05, 3.63) is 69.7 Å². The number of rotatable bonds is 4. The Kier molecular flexibility index (Phi) is 4.83. The van der Waals surface area contributed by atoms with E-state index in [0.29, 0.717) is 15.6 Å². The normalized spacial score (nSPS) is 10.8. The van der Waals surface area contributed by atoms with E-state index in [9.17, 15) is 4.79 Å². The minimum Gasteiger partial charge on any atom is -0.497 e. The predicted molar refractivity (Wildman–Crippen MR) is 82.8 cm³/mol. The maximum absolute atomic E-state index is 12.1. The fourth-order valence-corrected chi connectivity index (χ4v) is 2.05. The largest absolute Gasteiger partial charge is 0.497 e. The van der Waals surface area contributed by atoms with Gasteiger partial charge in [-0.15, -0.1) is 0 Å². The standard InChI is InChI=1S/C16H12Cl2O2/c1-20-13-6-2-11(3-7-13)4-9-16(19)14-10-12(17)5-8-15(14)18/h2-10H,1H3. The highest BCUT2D eigenvalue weighted by atomic mass is 35.5. The first-order valence-corrected chi connectivity index (χ1v) is 6.67. The van der Waals surface area contributed by atoms with Gasteiger partial charge in [0.1, 0.15) is 5.75 Å². The van der Waals surface area contributed by atoms with E-state index >= 15 is 0 Å². The molecular formula is C16H12Cl2O2. The van der Waals surface area contributed by atoms with Crippen LogP contribution in [0.15, 0.2) is 48.5 Å². The number of halogens is 2. The molecule has 0 N–H and O–H groups in total. The summed E-state index contributed by atoms with van der Waals surface area (Å²) in [5.74, 6) is 0.583. The molecule has 0 amide bonds. The summed E-state index contributed by atoms with van der Waals surface area (Å²) in [5.41, 5.74) is 1.29.